The van der Waals surface area contributed by atoms with Gasteiger partial charge in [0.25, 0.3) is 0 Å². The minimum Gasteiger partial charge on any atom is -0.490 e. The van der Waals surface area contributed by atoms with Gasteiger partial charge in [-0.05, 0) is 74.1 Å². The Morgan fingerprint density at radius 3 is 1.95 bits per heavy atom. The maximum Gasteiger partial charge on any atom is 0.162 e. The normalized spacial score (nSPS) is 20.3. The molecule has 0 N–H and O–H groups in total. The molecule has 0 unspecified atom stereocenters. The molecule has 3 aliphatic rings. The number of benzene rings is 2. The molecule has 41 heavy (non-hydrogen) atoms. The summed E-state index contributed by atoms with van der Waals surface area (Å²) in [6, 6.07) is 16.4. The van der Waals surface area contributed by atoms with Crippen LogP contribution in [0.25, 0.3) is 0 Å². The van der Waals surface area contributed by atoms with Gasteiger partial charge in [-0.3, -0.25) is 9.59 Å². The van der Waals surface area contributed by atoms with E-state index in [4.69, 9.17) is 9.47 Å². The van der Waals surface area contributed by atoms with Gasteiger partial charge in [-0.1, -0.05) is 64.1 Å². The van der Waals surface area contributed by atoms with Gasteiger partial charge in [-0.2, -0.15) is 0 Å². The van der Waals surface area contributed by atoms with Crippen molar-refractivity contribution in [2.45, 2.75) is 92.6 Å². The van der Waals surface area contributed by atoms with E-state index in [1.165, 1.54) is 5.56 Å². The molecule has 0 radical (unpaired) electrons. The predicted molar refractivity (Wildman–Crippen MR) is 163 cm³/mol. The van der Waals surface area contributed by atoms with Gasteiger partial charge in [0, 0.05) is 47.8 Å². The van der Waals surface area contributed by atoms with Crippen molar-refractivity contribution in [2.24, 2.45) is 10.8 Å². The van der Waals surface area contributed by atoms with Crippen molar-refractivity contribution in [1.29, 1.82) is 0 Å². The second-order valence-electron chi connectivity index (χ2n) is 13.7. The molecular weight excluding hydrogens is 510 g/mol. The Labute approximate surface area is 245 Å². The summed E-state index contributed by atoms with van der Waals surface area (Å²) in [5, 5.41) is 0. The van der Waals surface area contributed by atoms with Gasteiger partial charge in [0.15, 0.2) is 23.1 Å². The third kappa shape index (κ3) is 6.00. The smallest absolute Gasteiger partial charge is 0.162 e. The van der Waals surface area contributed by atoms with E-state index in [9.17, 15) is 9.59 Å². The third-order valence-electron chi connectivity index (χ3n) is 8.45. The zero-order chi connectivity index (χ0) is 29.5. The van der Waals surface area contributed by atoms with Crippen LogP contribution in [0, 0.1) is 10.8 Å². The summed E-state index contributed by atoms with van der Waals surface area (Å²) >= 11 is 0. The first-order valence-corrected chi connectivity index (χ1v) is 15.2. The van der Waals surface area contributed by atoms with Crippen molar-refractivity contribution in [3.05, 3.63) is 82.2 Å². The number of ether oxygens (including phenoxy) is 2. The molecule has 0 bridgehead atoms. The van der Waals surface area contributed by atoms with Crippen molar-refractivity contribution in [3.63, 3.8) is 0 Å². The molecule has 2 aromatic carbocycles. The van der Waals surface area contributed by atoms with E-state index < -0.39 is 5.92 Å². The molecular formula is C36H45NO4. The van der Waals surface area contributed by atoms with E-state index >= 15 is 0 Å². The number of allylic oxidation sites excluding steroid dienone is 4. The lowest BCUT2D eigenvalue weighted by Crippen LogP contribution is -2.45. The molecule has 218 valence electrons. The summed E-state index contributed by atoms with van der Waals surface area (Å²) < 4.78 is 12.1. The van der Waals surface area contributed by atoms with Crippen molar-refractivity contribution in [1.82, 2.24) is 4.90 Å². The highest BCUT2D eigenvalue weighted by Crippen LogP contribution is 2.55. The maximum absolute atomic E-state index is 14.1. The first-order valence-electron chi connectivity index (χ1n) is 15.2. The van der Waals surface area contributed by atoms with Crippen LogP contribution in [0.2, 0.25) is 0 Å². The van der Waals surface area contributed by atoms with Gasteiger partial charge in [-0.25, -0.2) is 0 Å². The average molecular weight is 556 g/mol. The quantitative estimate of drug-likeness (QED) is 0.333. The molecule has 0 aromatic heterocycles. The molecule has 5 heteroatoms. The molecule has 0 saturated heterocycles. The number of nitrogens with zero attached hydrogens (tertiary/aromatic N) is 1. The van der Waals surface area contributed by atoms with Crippen LogP contribution in [-0.2, 0) is 16.0 Å². The molecule has 0 fully saturated rings. The number of rotatable bonds is 8. The van der Waals surface area contributed by atoms with E-state index in [0.717, 1.165) is 53.9 Å². The van der Waals surface area contributed by atoms with Crippen LogP contribution in [0.1, 0.15) is 91.2 Å². The Hall–Kier alpha value is -3.34. The highest BCUT2D eigenvalue weighted by atomic mass is 16.5. The lowest BCUT2D eigenvalue weighted by atomic mass is 9.63. The number of carbonyl (C=O) groups excluding carboxylic acids is 2. The fourth-order valence-electron chi connectivity index (χ4n) is 6.86. The fraction of sp³-hybridized carbons (Fsp3) is 0.500. The molecule has 0 saturated carbocycles. The number of carbonyl (C=O) groups is 2. The first kappa shape index (κ1) is 29.2. The third-order valence-corrected chi connectivity index (χ3v) is 8.45. The SMILES string of the molecule is CCOc1cc(C2C3=C(CC(C)(C)CC3=O)N(CCc3ccccc3)C3=C2C(=O)CC(C)(C)C3)ccc1OC(C)C. The Bertz CT molecular complexity index is 1340. The van der Waals surface area contributed by atoms with Crippen LogP contribution >= 0.6 is 0 Å². The van der Waals surface area contributed by atoms with Crippen LogP contribution in [0.15, 0.2) is 71.1 Å². The summed E-state index contributed by atoms with van der Waals surface area (Å²) in [6.45, 7) is 15.9. The van der Waals surface area contributed by atoms with Crippen molar-refractivity contribution < 1.29 is 19.1 Å². The van der Waals surface area contributed by atoms with Crippen LogP contribution in [0.3, 0.4) is 0 Å². The van der Waals surface area contributed by atoms with Crippen LogP contribution < -0.4 is 9.47 Å². The lowest BCUT2D eigenvalue weighted by molar-refractivity contribution is -0.119. The van der Waals surface area contributed by atoms with Gasteiger partial charge in [0.1, 0.15) is 0 Å². The van der Waals surface area contributed by atoms with Gasteiger partial charge in [0.05, 0.1) is 12.7 Å². The molecule has 1 aliphatic heterocycles. The molecule has 5 nitrogen and oxygen atoms in total. The number of hydrogen-bond donors (Lipinski definition) is 0. The van der Waals surface area contributed by atoms with Gasteiger partial charge < -0.3 is 14.4 Å². The molecule has 0 amide bonds. The molecule has 0 spiro atoms. The van der Waals surface area contributed by atoms with Crippen molar-refractivity contribution in [2.75, 3.05) is 13.2 Å². The molecule has 2 aromatic rings. The molecule has 0 atom stereocenters. The molecule has 5 rings (SSSR count). The zero-order valence-corrected chi connectivity index (χ0v) is 25.8. The van der Waals surface area contributed by atoms with E-state index in [-0.39, 0.29) is 28.5 Å². The molecule has 1 heterocycles. The van der Waals surface area contributed by atoms with Crippen molar-refractivity contribution in [3.8, 4) is 11.5 Å². The fourth-order valence-corrected chi connectivity index (χ4v) is 6.86. The average Bonchev–Trinajstić information content (AvgIpc) is 2.87. The summed E-state index contributed by atoms with van der Waals surface area (Å²) in [5.74, 6) is 1.24. The minimum atomic E-state index is -0.396. The minimum absolute atomic E-state index is 0.000777. The number of hydrogen-bond acceptors (Lipinski definition) is 5. The lowest BCUT2D eigenvalue weighted by Gasteiger charge is -2.49. The van der Waals surface area contributed by atoms with Gasteiger partial charge in [0.2, 0.25) is 0 Å². The van der Waals surface area contributed by atoms with Crippen molar-refractivity contribution >= 4 is 11.6 Å². The summed E-state index contributed by atoms with van der Waals surface area (Å²) in [7, 11) is 0. The van der Waals surface area contributed by atoms with E-state index in [1.54, 1.807) is 0 Å². The van der Waals surface area contributed by atoms with Gasteiger partial charge in [-0.15, -0.1) is 0 Å². The Balaban J connectivity index is 1.70. The Morgan fingerprint density at radius 2 is 1.41 bits per heavy atom. The topological polar surface area (TPSA) is 55.8 Å². The summed E-state index contributed by atoms with van der Waals surface area (Å²) in [5.41, 5.74) is 5.66. The molecule has 2 aliphatic carbocycles. The van der Waals surface area contributed by atoms with Crippen LogP contribution in [0.5, 0.6) is 11.5 Å². The van der Waals surface area contributed by atoms with E-state index in [2.05, 4.69) is 56.9 Å². The van der Waals surface area contributed by atoms with Gasteiger partial charge >= 0.3 is 0 Å². The highest BCUT2D eigenvalue weighted by molar-refractivity contribution is 6.06. The van der Waals surface area contributed by atoms with Crippen LogP contribution in [-0.4, -0.2) is 35.7 Å². The zero-order valence-electron chi connectivity index (χ0n) is 25.8. The maximum atomic E-state index is 14.1. The largest absolute Gasteiger partial charge is 0.490 e. The monoisotopic (exact) mass is 555 g/mol. The second-order valence-corrected chi connectivity index (χ2v) is 13.7. The standard InChI is InChI=1S/C36H45NO4/c1-8-40-31-18-25(14-15-30(31)41-23(2)3)32-33-26(19-35(4,5)21-28(33)38)37(17-16-24-12-10-9-11-13-24)27-20-36(6,7)22-29(39)34(27)32/h9-15,18,23,32H,8,16-17,19-22H2,1-7H3. The number of ketones is 2. The summed E-state index contributed by atoms with van der Waals surface area (Å²) in [6.07, 6.45) is 3.40. The first-order chi connectivity index (χ1) is 19.4. The van der Waals surface area contributed by atoms with E-state index in [0.29, 0.717) is 30.9 Å². The Kier molecular flexibility index (Phi) is 7.93. The summed E-state index contributed by atoms with van der Waals surface area (Å²) in [4.78, 5) is 30.6. The Morgan fingerprint density at radius 1 is 0.829 bits per heavy atom. The van der Waals surface area contributed by atoms with Crippen LogP contribution in [0.4, 0.5) is 0 Å². The predicted octanol–water partition coefficient (Wildman–Crippen LogP) is 7.80. The highest BCUT2D eigenvalue weighted by Gasteiger charge is 2.49. The second kappa shape index (κ2) is 11.2. The number of Topliss-reactive ketones (excluding diaryl/α,β-unsaturated/α-hetero) is 2. The van der Waals surface area contributed by atoms with E-state index in [1.807, 2.05) is 45.0 Å².